The SMILES string of the molecule is COc1ccc(Cl)c2oc(C3=C(C)NC4C(c5ccccc5)C(C(F)(F)F)NN4C3=O)nc12. The summed E-state index contributed by atoms with van der Waals surface area (Å²) in [7, 11) is 1.45. The first-order valence-electron chi connectivity index (χ1n) is 10.0. The summed E-state index contributed by atoms with van der Waals surface area (Å²) >= 11 is 6.20. The number of nitrogens with zero attached hydrogens (tertiary/aromatic N) is 2. The van der Waals surface area contributed by atoms with Gasteiger partial charge >= 0.3 is 6.18 Å². The molecule has 1 aromatic heterocycles. The number of nitrogens with one attached hydrogen (secondary N) is 2. The Morgan fingerprint density at radius 1 is 1.18 bits per heavy atom. The van der Waals surface area contributed by atoms with Crippen LogP contribution in [0.1, 0.15) is 24.3 Å². The number of allylic oxidation sites excluding steroid dienone is 1. The predicted octanol–water partition coefficient (Wildman–Crippen LogP) is 4.21. The van der Waals surface area contributed by atoms with Gasteiger partial charge in [0, 0.05) is 5.70 Å². The predicted molar refractivity (Wildman–Crippen MR) is 114 cm³/mol. The quantitative estimate of drug-likeness (QED) is 0.587. The van der Waals surface area contributed by atoms with Gasteiger partial charge in [0.2, 0.25) is 5.89 Å². The van der Waals surface area contributed by atoms with Gasteiger partial charge in [-0.1, -0.05) is 41.9 Å². The molecular formula is C22H18ClF3N4O3. The van der Waals surface area contributed by atoms with E-state index in [-0.39, 0.29) is 22.1 Å². The maximum atomic E-state index is 13.9. The van der Waals surface area contributed by atoms with Crippen molar-refractivity contribution in [1.82, 2.24) is 20.7 Å². The molecule has 1 fully saturated rings. The molecule has 2 aliphatic rings. The number of ether oxygens (including phenoxy) is 1. The van der Waals surface area contributed by atoms with Crippen molar-refractivity contribution in [3.63, 3.8) is 0 Å². The number of hydrazine groups is 1. The second-order valence-electron chi connectivity index (χ2n) is 7.80. The second-order valence-corrected chi connectivity index (χ2v) is 8.20. The van der Waals surface area contributed by atoms with Crippen molar-refractivity contribution in [2.45, 2.75) is 31.2 Å². The number of oxazole rings is 1. The van der Waals surface area contributed by atoms with Crippen LogP contribution in [-0.2, 0) is 4.79 Å². The van der Waals surface area contributed by atoms with Gasteiger partial charge in [0.25, 0.3) is 5.91 Å². The number of benzene rings is 2. The molecular weight excluding hydrogens is 461 g/mol. The van der Waals surface area contributed by atoms with Gasteiger partial charge in [-0.25, -0.2) is 15.4 Å². The Hall–Kier alpha value is -3.24. The van der Waals surface area contributed by atoms with E-state index in [1.54, 1.807) is 49.4 Å². The van der Waals surface area contributed by atoms with Crippen LogP contribution in [0.25, 0.3) is 16.7 Å². The average molecular weight is 479 g/mol. The number of fused-ring (bicyclic) bond motifs is 2. The van der Waals surface area contributed by atoms with Crippen LogP contribution < -0.4 is 15.5 Å². The molecule has 2 aromatic carbocycles. The monoisotopic (exact) mass is 478 g/mol. The molecule has 3 atom stereocenters. The van der Waals surface area contributed by atoms with E-state index < -0.39 is 30.2 Å². The van der Waals surface area contributed by atoms with Crippen molar-refractivity contribution in [2.24, 2.45) is 0 Å². The van der Waals surface area contributed by atoms with Gasteiger partial charge in [0.15, 0.2) is 11.1 Å². The molecule has 1 amide bonds. The number of hydrogen-bond acceptors (Lipinski definition) is 6. The normalized spacial score (nSPS) is 23.2. The zero-order chi connectivity index (χ0) is 23.5. The smallest absolute Gasteiger partial charge is 0.406 e. The van der Waals surface area contributed by atoms with E-state index in [0.717, 1.165) is 5.01 Å². The maximum absolute atomic E-state index is 13.9. The summed E-state index contributed by atoms with van der Waals surface area (Å²) in [6.07, 6.45) is -5.55. The molecule has 2 N–H and O–H groups in total. The van der Waals surface area contributed by atoms with E-state index in [1.165, 1.54) is 7.11 Å². The first-order valence-corrected chi connectivity index (χ1v) is 10.4. The Labute approximate surface area is 191 Å². The van der Waals surface area contributed by atoms with E-state index in [4.69, 9.17) is 20.8 Å². The van der Waals surface area contributed by atoms with E-state index >= 15 is 0 Å². The van der Waals surface area contributed by atoms with E-state index in [0.29, 0.717) is 22.5 Å². The number of methoxy groups -OCH3 is 1. The highest BCUT2D eigenvalue weighted by Gasteiger charge is 2.58. The fourth-order valence-electron chi connectivity index (χ4n) is 4.37. The van der Waals surface area contributed by atoms with Gasteiger partial charge < -0.3 is 14.5 Å². The lowest BCUT2D eigenvalue weighted by atomic mass is 9.89. The molecule has 2 aliphatic heterocycles. The van der Waals surface area contributed by atoms with Crippen molar-refractivity contribution in [2.75, 3.05) is 7.11 Å². The number of carbonyl (C=O) groups excluding carboxylic acids is 1. The molecule has 1 saturated heterocycles. The summed E-state index contributed by atoms with van der Waals surface area (Å²) in [5.41, 5.74) is 3.68. The standard InChI is InChI=1S/C22H18ClF3N4O3/c1-10-14(20-28-16-13(32-2)9-8-12(23)17(16)33-20)21(31)30-19(27-10)15(11-6-4-3-5-7-11)18(29-30)22(24,25)26/h3-9,15,18-19,27,29H,1-2H3. The highest BCUT2D eigenvalue weighted by atomic mass is 35.5. The molecule has 3 unspecified atom stereocenters. The summed E-state index contributed by atoms with van der Waals surface area (Å²) in [4.78, 5) is 17.8. The van der Waals surface area contributed by atoms with E-state index in [1.807, 2.05) is 0 Å². The molecule has 0 bridgehead atoms. The average Bonchev–Trinajstić information content (AvgIpc) is 3.38. The lowest BCUT2D eigenvalue weighted by Gasteiger charge is -2.34. The third-order valence-electron chi connectivity index (χ3n) is 5.86. The van der Waals surface area contributed by atoms with Crippen molar-refractivity contribution in [1.29, 1.82) is 0 Å². The van der Waals surface area contributed by atoms with E-state index in [2.05, 4.69) is 15.7 Å². The molecule has 5 rings (SSSR count). The summed E-state index contributed by atoms with van der Waals surface area (Å²) in [6, 6.07) is 9.49. The summed E-state index contributed by atoms with van der Waals surface area (Å²) in [5, 5.41) is 4.28. The number of rotatable bonds is 3. The highest BCUT2D eigenvalue weighted by Crippen LogP contribution is 2.43. The molecule has 11 heteroatoms. The fourth-order valence-corrected chi connectivity index (χ4v) is 4.56. The minimum absolute atomic E-state index is 0.00251. The summed E-state index contributed by atoms with van der Waals surface area (Å²) in [6.45, 7) is 1.60. The van der Waals surface area contributed by atoms with Gasteiger partial charge in [0.1, 0.15) is 23.5 Å². The van der Waals surface area contributed by atoms with Gasteiger partial charge in [-0.05, 0) is 24.6 Å². The molecule has 0 aliphatic carbocycles. The molecule has 3 aromatic rings. The van der Waals surface area contributed by atoms with Crippen molar-refractivity contribution >= 4 is 34.2 Å². The third kappa shape index (κ3) is 3.41. The molecule has 0 saturated carbocycles. The van der Waals surface area contributed by atoms with Gasteiger partial charge in [0.05, 0.1) is 18.1 Å². The van der Waals surface area contributed by atoms with Gasteiger partial charge in [-0.3, -0.25) is 4.79 Å². The van der Waals surface area contributed by atoms with Gasteiger partial charge in [-0.2, -0.15) is 13.2 Å². The third-order valence-corrected chi connectivity index (χ3v) is 6.15. The Bertz CT molecular complexity index is 1280. The van der Waals surface area contributed by atoms with Crippen LogP contribution in [-0.4, -0.2) is 41.4 Å². The Morgan fingerprint density at radius 3 is 2.58 bits per heavy atom. The van der Waals surface area contributed by atoms with Crippen LogP contribution >= 0.6 is 11.6 Å². The van der Waals surface area contributed by atoms with Crippen LogP contribution in [0.5, 0.6) is 5.75 Å². The Morgan fingerprint density at radius 2 is 1.91 bits per heavy atom. The van der Waals surface area contributed by atoms with Gasteiger partial charge in [-0.15, -0.1) is 0 Å². The van der Waals surface area contributed by atoms with E-state index in [9.17, 15) is 18.0 Å². The number of carbonyl (C=O) groups is 1. The Kier molecular flexibility index (Phi) is 5.02. The minimum atomic E-state index is -4.59. The van der Waals surface area contributed by atoms with Crippen LogP contribution in [0.4, 0.5) is 13.2 Å². The van der Waals surface area contributed by atoms with Crippen molar-refractivity contribution < 1.29 is 27.1 Å². The molecule has 3 heterocycles. The molecule has 172 valence electrons. The topological polar surface area (TPSA) is 79.6 Å². The van der Waals surface area contributed by atoms with Crippen LogP contribution in [0.2, 0.25) is 5.02 Å². The zero-order valence-corrected chi connectivity index (χ0v) is 18.2. The fraction of sp³-hybridized carbons (Fsp3) is 0.273. The number of hydrogen-bond donors (Lipinski definition) is 2. The molecule has 7 nitrogen and oxygen atoms in total. The maximum Gasteiger partial charge on any atom is 0.406 e. The van der Waals surface area contributed by atoms with Crippen molar-refractivity contribution in [3.05, 3.63) is 64.6 Å². The number of alkyl halides is 3. The number of aromatic nitrogens is 1. The molecule has 33 heavy (non-hydrogen) atoms. The van der Waals surface area contributed by atoms with Crippen molar-refractivity contribution in [3.8, 4) is 5.75 Å². The Balaban J connectivity index is 1.60. The summed E-state index contributed by atoms with van der Waals surface area (Å²) < 4.78 is 52.9. The van der Waals surface area contributed by atoms with Crippen LogP contribution in [0.3, 0.4) is 0 Å². The first kappa shape index (κ1) is 21.6. The minimum Gasteiger partial charge on any atom is -0.494 e. The molecule has 0 radical (unpaired) electrons. The highest BCUT2D eigenvalue weighted by molar-refractivity contribution is 6.35. The van der Waals surface area contributed by atoms with Crippen LogP contribution in [0, 0.1) is 0 Å². The lowest BCUT2D eigenvalue weighted by Crippen LogP contribution is -2.54. The summed E-state index contributed by atoms with van der Waals surface area (Å²) in [5.74, 6) is -1.44. The largest absolute Gasteiger partial charge is 0.494 e. The second kappa shape index (κ2) is 7.67. The zero-order valence-electron chi connectivity index (χ0n) is 17.4. The first-order chi connectivity index (χ1) is 15.7. The number of halogens is 4. The van der Waals surface area contributed by atoms with Crippen LogP contribution in [0.15, 0.2) is 52.6 Å². The lowest BCUT2D eigenvalue weighted by molar-refractivity contribution is -0.161. The molecule has 0 spiro atoms. The number of amides is 1.